The molecule has 1 amide bonds. The minimum atomic E-state index is -0.499. The molecule has 0 fully saturated rings. The first-order valence-corrected chi connectivity index (χ1v) is 8.85. The quantitative estimate of drug-likeness (QED) is 0.343. The van der Waals surface area contributed by atoms with E-state index >= 15 is 0 Å². The van der Waals surface area contributed by atoms with Gasteiger partial charge in [0.15, 0.2) is 11.5 Å². The van der Waals surface area contributed by atoms with Gasteiger partial charge in [-0.2, -0.15) is 5.26 Å². The van der Waals surface area contributed by atoms with E-state index in [2.05, 4.69) is 27.9 Å². The predicted octanol–water partition coefficient (Wildman–Crippen LogP) is 4.16. The van der Waals surface area contributed by atoms with Crippen molar-refractivity contribution < 1.29 is 14.6 Å². The third-order valence-corrected chi connectivity index (χ3v) is 4.52. The van der Waals surface area contributed by atoms with E-state index in [-0.39, 0.29) is 17.1 Å². The zero-order valence-corrected chi connectivity index (χ0v) is 16.8. The van der Waals surface area contributed by atoms with Gasteiger partial charge < -0.3 is 15.2 Å². The van der Waals surface area contributed by atoms with Gasteiger partial charge in [0, 0.05) is 9.26 Å². The molecule has 7 heteroatoms. The molecule has 2 N–H and O–H groups in total. The van der Waals surface area contributed by atoms with Gasteiger partial charge in [-0.05, 0) is 87.2 Å². The maximum atomic E-state index is 12.3. The molecule has 24 heavy (non-hydrogen) atoms. The molecule has 0 aliphatic carbocycles. The van der Waals surface area contributed by atoms with E-state index in [9.17, 15) is 15.2 Å². The average molecular weight is 546 g/mol. The lowest BCUT2D eigenvalue weighted by molar-refractivity contribution is -0.112. The van der Waals surface area contributed by atoms with Crippen molar-refractivity contribution in [2.24, 2.45) is 0 Å². The normalized spacial score (nSPS) is 10.8. The highest BCUT2D eigenvalue weighted by Crippen LogP contribution is 2.33. The molecule has 2 aromatic carbocycles. The highest BCUT2D eigenvalue weighted by atomic mass is 127. The molecule has 0 saturated heterocycles. The minimum Gasteiger partial charge on any atom is -0.504 e. The number of aromatic hydroxyl groups is 1. The highest BCUT2D eigenvalue weighted by Gasteiger charge is 2.12. The number of halogens is 2. The fourth-order valence-electron chi connectivity index (χ4n) is 1.91. The summed E-state index contributed by atoms with van der Waals surface area (Å²) in [5.41, 5.74) is 1.16. The van der Waals surface area contributed by atoms with Crippen LogP contribution in [0.4, 0.5) is 5.69 Å². The summed E-state index contributed by atoms with van der Waals surface area (Å²) >= 11 is 4.10. The molecule has 0 radical (unpaired) electrons. The number of carbonyl (C=O) groups is 1. The van der Waals surface area contributed by atoms with Crippen molar-refractivity contribution >= 4 is 62.9 Å². The van der Waals surface area contributed by atoms with E-state index in [4.69, 9.17) is 4.74 Å². The van der Waals surface area contributed by atoms with Gasteiger partial charge in [0.1, 0.15) is 11.6 Å². The molecule has 122 valence electrons. The zero-order valence-electron chi connectivity index (χ0n) is 12.5. The molecule has 0 bridgehead atoms. The molecule has 0 spiro atoms. The molecule has 5 nitrogen and oxygen atoms in total. The Kier molecular flexibility index (Phi) is 6.44. The van der Waals surface area contributed by atoms with Crippen LogP contribution in [0.2, 0.25) is 0 Å². The third kappa shape index (κ3) is 4.61. The minimum absolute atomic E-state index is 0.0251. The number of rotatable bonds is 4. The molecule has 2 rings (SSSR count). The summed E-state index contributed by atoms with van der Waals surface area (Å²) < 4.78 is 6.62. The van der Waals surface area contributed by atoms with E-state index in [1.807, 2.05) is 40.8 Å². The van der Waals surface area contributed by atoms with Crippen molar-refractivity contribution in [3.63, 3.8) is 0 Å². The number of nitrogens with zero attached hydrogens (tertiary/aromatic N) is 1. The second-order valence-electron chi connectivity index (χ2n) is 4.69. The Bertz CT molecular complexity index is 857. The maximum Gasteiger partial charge on any atom is 0.266 e. The highest BCUT2D eigenvalue weighted by molar-refractivity contribution is 14.1. The summed E-state index contributed by atoms with van der Waals surface area (Å²) in [7, 11) is 1.44. The van der Waals surface area contributed by atoms with Crippen LogP contribution in [0.5, 0.6) is 11.5 Å². The van der Waals surface area contributed by atoms with Crippen LogP contribution in [0.15, 0.2) is 42.0 Å². The molecule has 0 aliphatic heterocycles. The smallest absolute Gasteiger partial charge is 0.266 e. The average Bonchev–Trinajstić information content (AvgIpc) is 2.55. The molecule has 0 heterocycles. The van der Waals surface area contributed by atoms with Crippen LogP contribution in [-0.2, 0) is 4.79 Å². The predicted molar refractivity (Wildman–Crippen MR) is 109 cm³/mol. The monoisotopic (exact) mass is 546 g/mol. The van der Waals surface area contributed by atoms with Crippen LogP contribution in [-0.4, -0.2) is 18.1 Å². The molecule has 0 atom stereocenters. The second kappa shape index (κ2) is 8.34. The van der Waals surface area contributed by atoms with Crippen molar-refractivity contribution in [1.29, 1.82) is 5.26 Å². The van der Waals surface area contributed by atoms with Gasteiger partial charge in [-0.3, -0.25) is 4.79 Å². The summed E-state index contributed by atoms with van der Waals surface area (Å²) in [4.78, 5) is 12.3. The maximum absolute atomic E-state index is 12.3. The van der Waals surface area contributed by atoms with Gasteiger partial charge in [-0.15, -0.1) is 0 Å². The summed E-state index contributed by atoms with van der Waals surface area (Å²) in [6.07, 6.45) is 1.45. The lowest BCUT2D eigenvalue weighted by Gasteiger charge is -2.08. The van der Waals surface area contributed by atoms with Gasteiger partial charge in [-0.25, -0.2) is 0 Å². The molecule has 0 aliphatic rings. The van der Waals surface area contributed by atoms with Crippen molar-refractivity contribution in [2.45, 2.75) is 0 Å². The standard InChI is InChI=1S/C17H12I2N2O3/c1-24-15-7-10(6-14(19)16(15)22)5-11(9-20)17(23)21-13-4-2-3-12(18)8-13/h2-8,22H,1H3,(H,21,23)/b11-5+. The van der Waals surface area contributed by atoms with E-state index in [0.29, 0.717) is 14.8 Å². The Morgan fingerprint density at radius 3 is 2.71 bits per heavy atom. The summed E-state index contributed by atoms with van der Waals surface area (Å²) in [5, 5.41) is 21.8. The van der Waals surface area contributed by atoms with Crippen molar-refractivity contribution in [3.05, 3.63) is 54.7 Å². The number of hydrogen-bond acceptors (Lipinski definition) is 4. The first-order chi connectivity index (χ1) is 11.4. The SMILES string of the molecule is COc1cc(/C=C(\C#N)C(=O)Nc2cccc(I)c2)cc(I)c1O. The second-order valence-corrected chi connectivity index (χ2v) is 7.10. The van der Waals surface area contributed by atoms with E-state index in [1.165, 1.54) is 13.2 Å². The number of amides is 1. The number of benzene rings is 2. The Hall–Kier alpha value is -1.80. The van der Waals surface area contributed by atoms with Crippen LogP contribution in [0.1, 0.15) is 5.56 Å². The lowest BCUT2D eigenvalue weighted by atomic mass is 10.1. The Morgan fingerprint density at radius 1 is 1.33 bits per heavy atom. The first kappa shape index (κ1) is 18.5. The van der Waals surface area contributed by atoms with Crippen molar-refractivity contribution in [2.75, 3.05) is 12.4 Å². The van der Waals surface area contributed by atoms with E-state index < -0.39 is 5.91 Å². The van der Waals surface area contributed by atoms with Crippen LogP contribution in [0.3, 0.4) is 0 Å². The van der Waals surface area contributed by atoms with Gasteiger partial charge in [0.05, 0.1) is 10.7 Å². The Balaban J connectivity index is 2.31. The summed E-state index contributed by atoms with van der Waals surface area (Å²) in [6.45, 7) is 0. The lowest BCUT2D eigenvalue weighted by Crippen LogP contribution is -2.13. The number of carbonyl (C=O) groups excluding carboxylic acids is 1. The molecule has 2 aromatic rings. The number of nitriles is 1. The first-order valence-electron chi connectivity index (χ1n) is 6.70. The summed E-state index contributed by atoms with van der Waals surface area (Å²) in [5.74, 6) is -0.193. The summed E-state index contributed by atoms with van der Waals surface area (Å²) in [6, 6.07) is 12.4. The Labute approximate surface area is 166 Å². The van der Waals surface area contributed by atoms with Gasteiger partial charge >= 0.3 is 0 Å². The molecule has 0 unspecified atom stereocenters. The Morgan fingerprint density at radius 2 is 2.08 bits per heavy atom. The number of phenolic OH excluding ortho intramolecular Hbond substituents is 1. The molecular formula is C17H12I2N2O3. The van der Waals surface area contributed by atoms with Gasteiger partial charge in [-0.1, -0.05) is 6.07 Å². The fourth-order valence-corrected chi connectivity index (χ4v) is 3.08. The molecule has 0 aromatic heterocycles. The van der Waals surface area contributed by atoms with Crippen molar-refractivity contribution in [3.8, 4) is 17.6 Å². The number of anilines is 1. The van der Waals surface area contributed by atoms with Crippen LogP contribution >= 0.6 is 45.2 Å². The van der Waals surface area contributed by atoms with Crippen LogP contribution < -0.4 is 10.1 Å². The molecular weight excluding hydrogens is 534 g/mol. The third-order valence-electron chi connectivity index (χ3n) is 3.03. The van der Waals surface area contributed by atoms with Crippen molar-refractivity contribution in [1.82, 2.24) is 0 Å². The van der Waals surface area contributed by atoms with E-state index in [0.717, 1.165) is 3.57 Å². The fraction of sp³-hybridized carbons (Fsp3) is 0.0588. The molecule has 0 saturated carbocycles. The van der Waals surface area contributed by atoms with Crippen LogP contribution in [0, 0.1) is 18.5 Å². The van der Waals surface area contributed by atoms with Crippen LogP contribution in [0.25, 0.3) is 6.08 Å². The number of methoxy groups -OCH3 is 1. The number of phenols is 1. The van der Waals surface area contributed by atoms with Gasteiger partial charge in [0.2, 0.25) is 0 Å². The largest absolute Gasteiger partial charge is 0.504 e. The topological polar surface area (TPSA) is 82.3 Å². The van der Waals surface area contributed by atoms with Gasteiger partial charge in [0.25, 0.3) is 5.91 Å². The van der Waals surface area contributed by atoms with E-state index in [1.54, 1.807) is 24.3 Å². The number of ether oxygens (including phenoxy) is 1. The number of hydrogen-bond donors (Lipinski definition) is 2. The number of nitrogens with one attached hydrogen (secondary N) is 1. The zero-order chi connectivity index (χ0) is 17.7.